The van der Waals surface area contributed by atoms with Gasteiger partial charge in [-0.2, -0.15) is 0 Å². The summed E-state index contributed by atoms with van der Waals surface area (Å²) in [7, 11) is 0. The zero-order valence-corrected chi connectivity index (χ0v) is 19.3. The molecule has 0 spiro atoms. The molecule has 1 aromatic heterocycles. The second-order valence-corrected chi connectivity index (χ2v) is 9.34. The van der Waals surface area contributed by atoms with Crippen LogP contribution in [0, 0.1) is 13.8 Å². The highest BCUT2D eigenvalue weighted by molar-refractivity contribution is 7.22. The Morgan fingerprint density at radius 2 is 1.88 bits per heavy atom. The highest BCUT2D eigenvalue weighted by atomic mass is 32.1. The topological polar surface area (TPSA) is 45.7 Å². The Morgan fingerprint density at radius 1 is 1.09 bits per heavy atom. The van der Waals surface area contributed by atoms with Crippen LogP contribution in [0.4, 0.5) is 5.13 Å². The molecule has 0 aliphatic carbocycles. The van der Waals surface area contributed by atoms with Gasteiger partial charge in [-0.25, -0.2) is 4.98 Å². The van der Waals surface area contributed by atoms with Gasteiger partial charge in [0.15, 0.2) is 5.13 Å². The van der Waals surface area contributed by atoms with Gasteiger partial charge in [0.05, 0.1) is 23.4 Å². The van der Waals surface area contributed by atoms with Crippen LogP contribution >= 0.6 is 11.3 Å². The molecule has 164 valence electrons. The lowest BCUT2D eigenvalue weighted by molar-refractivity contribution is 0.0391. The Labute approximate surface area is 192 Å². The first-order valence-corrected chi connectivity index (χ1v) is 11.9. The van der Waals surface area contributed by atoms with Gasteiger partial charge < -0.3 is 4.74 Å². The zero-order valence-electron chi connectivity index (χ0n) is 18.5. The van der Waals surface area contributed by atoms with Gasteiger partial charge in [0.2, 0.25) is 0 Å². The predicted octanol–water partition coefficient (Wildman–Crippen LogP) is 5.05. The summed E-state index contributed by atoms with van der Waals surface area (Å²) in [4.78, 5) is 23.0. The molecule has 1 saturated heterocycles. The average Bonchev–Trinajstić information content (AvgIpc) is 3.23. The number of nitrogens with zero attached hydrogens (tertiary/aromatic N) is 3. The normalized spacial score (nSPS) is 14.8. The maximum absolute atomic E-state index is 13.9. The molecule has 0 unspecified atom stereocenters. The Hall–Kier alpha value is -2.80. The highest BCUT2D eigenvalue weighted by Crippen LogP contribution is 2.33. The number of amides is 1. The van der Waals surface area contributed by atoms with Crippen molar-refractivity contribution in [3.8, 4) is 0 Å². The van der Waals surface area contributed by atoms with Gasteiger partial charge in [-0.05, 0) is 47.9 Å². The zero-order chi connectivity index (χ0) is 22.1. The fraction of sp³-hybridized carbons (Fsp3) is 0.308. The molecule has 4 aromatic rings. The van der Waals surface area contributed by atoms with Gasteiger partial charge in [-0.1, -0.05) is 53.8 Å². The molecule has 1 aliphatic heterocycles. The molecule has 0 atom stereocenters. The molecule has 32 heavy (non-hydrogen) atoms. The maximum Gasteiger partial charge on any atom is 0.260 e. The molecule has 5 rings (SSSR count). The molecule has 3 aromatic carbocycles. The number of fused-ring (bicyclic) bond motifs is 2. The van der Waals surface area contributed by atoms with E-state index in [2.05, 4.69) is 30.9 Å². The van der Waals surface area contributed by atoms with Crippen molar-refractivity contribution in [2.75, 3.05) is 44.3 Å². The molecule has 1 amide bonds. The number of thiazole rings is 1. The molecule has 0 radical (unpaired) electrons. The molecule has 5 nitrogen and oxygen atoms in total. The first-order chi connectivity index (χ1) is 15.6. The lowest BCUT2D eigenvalue weighted by Crippen LogP contribution is -2.43. The van der Waals surface area contributed by atoms with Crippen LogP contribution in [0.1, 0.15) is 21.5 Å². The van der Waals surface area contributed by atoms with Crippen LogP contribution in [0.2, 0.25) is 0 Å². The second-order valence-electron chi connectivity index (χ2n) is 8.36. The molecule has 0 N–H and O–H groups in total. The van der Waals surface area contributed by atoms with Crippen LogP contribution in [-0.2, 0) is 4.74 Å². The minimum Gasteiger partial charge on any atom is -0.379 e. The predicted molar refractivity (Wildman–Crippen MR) is 132 cm³/mol. The van der Waals surface area contributed by atoms with Crippen molar-refractivity contribution in [1.82, 2.24) is 9.88 Å². The SMILES string of the molecule is Cc1cc(C)c2sc(N(CCN3CCOCC3)C(=O)c3cccc4ccccc34)nc2c1. The van der Waals surface area contributed by atoms with Gasteiger partial charge in [0.25, 0.3) is 5.91 Å². The minimum absolute atomic E-state index is 0.00323. The smallest absolute Gasteiger partial charge is 0.260 e. The van der Waals surface area contributed by atoms with E-state index in [-0.39, 0.29) is 5.91 Å². The third kappa shape index (κ3) is 4.13. The van der Waals surface area contributed by atoms with E-state index in [1.54, 1.807) is 11.3 Å². The van der Waals surface area contributed by atoms with Crippen molar-refractivity contribution < 1.29 is 9.53 Å². The summed E-state index contributed by atoms with van der Waals surface area (Å²) in [5, 5.41) is 2.81. The largest absolute Gasteiger partial charge is 0.379 e. The van der Waals surface area contributed by atoms with Crippen LogP contribution in [0.15, 0.2) is 54.6 Å². The molecular formula is C26H27N3O2S. The van der Waals surface area contributed by atoms with E-state index in [1.807, 2.05) is 47.4 Å². The van der Waals surface area contributed by atoms with E-state index >= 15 is 0 Å². The quantitative estimate of drug-likeness (QED) is 0.431. The Bertz CT molecular complexity index is 1270. The van der Waals surface area contributed by atoms with E-state index < -0.39 is 0 Å². The molecule has 0 bridgehead atoms. The number of benzene rings is 3. The van der Waals surface area contributed by atoms with Crippen molar-refractivity contribution in [1.29, 1.82) is 0 Å². The lowest BCUT2D eigenvalue weighted by atomic mass is 10.0. The van der Waals surface area contributed by atoms with Crippen molar-refractivity contribution in [3.63, 3.8) is 0 Å². The van der Waals surface area contributed by atoms with Crippen molar-refractivity contribution in [2.24, 2.45) is 0 Å². The molecule has 6 heteroatoms. The second kappa shape index (κ2) is 8.98. The number of aromatic nitrogens is 1. The number of hydrogen-bond donors (Lipinski definition) is 0. The lowest BCUT2D eigenvalue weighted by Gasteiger charge is -2.29. The summed E-state index contributed by atoms with van der Waals surface area (Å²) in [6.45, 7) is 8.88. The number of aryl methyl sites for hydroxylation is 2. The van der Waals surface area contributed by atoms with Crippen LogP contribution in [-0.4, -0.2) is 55.2 Å². The fourth-order valence-corrected chi connectivity index (χ4v) is 5.43. The Kier molecular flexibility index (Phi) is 5.91. The van der Waals surface area contributed by atoms with Gasteiger partial charge in [-0.3, -0.25) is 14.6 Å². The summed E-state index contributed by atoms with van der Waals surface area (Å²) < 4.78 is 6.63. The molecule has 2 heterocycles. The highest BCUT2D eigenvalue weighted by Gasteiger charge is 2.24. The summed E-state index contributed by atoms with van der Waals surface area (Å²) in [5.74, 6) is 0.00323. The van der Waals surface area contributed by atoms with Crippen LogP contribution < -0.4 is 4.90 Å². The van der Waals surface area contributed by atoms with Crippen LogP contribution in [0.5, 0.6) is 0 Å². The van der Waals surface area contributed by atoms with Crippen molar-refractivity contribution in [3.05, 3.63) is 71.3 Å². The Morgan fingerprint density at radius 3 is 2.72 bits per heavy atom. The third-order valence-corrected chi connectivity index (χ3v) is 7.28. The monoisotopic (exact) mass is 445 g/mol. The molecule has 0 saturated carbocycles. The van der Waals surface area contributed by atoms with Gasteiger partial charge in [-0.15, -0.1) is 0 Å². The van der Waals surface area contributed by atoms with Gasteiger partial charge in [0.1, 0.15) is 0 Å². The van der Waals surface area contributed by atoms with E-state index in [0.29, 0.717) is 6.54 Å². The molecule has 1 fully saturated rings. The van der Waals surface area contributed by atoms with Gasteiger partial charge in [0, 0.05) is 31.7 Å². The van der Waals surface area contributed by atoms with E-state index in [4.69, 9.17) is 9.72 Å². The van der Waals surface area contributed by atoms with Crippen molar-refractivity contribution in [2.45, 2.75) is 13.8 Å². The summed E-state index contributed by atoms with van der Waals surface area (Å²) in [5.41, 5.74) is 4.07. The first-order valence-electron chi connectivity index (χ1n) is 11.1. The Balaban J connectivity index is 1.54. The van der Waals surface area contributed by atoms with E-state index in [9.17, 15) is 4.79 Å². The van der Waals surface area contributed by atoms with E-state index in [1.165, 1.54) is 11.1 Å². The molecule has 1 aliphatic rings. The van der Waals surface area contributed by atoms with Gasteiger partial charge >= 0.3 is 0 Å². The number of hydrogen-bond acceptors (Lipinski definition) is 5. The number of carbonyl (C=O) groups is 1. The minimum atomic E-state index is 0.00323. The standard InChI is InChI=1S/C26H27N3O2S/c1-18-16-19(2)24-23(17-18)27-26(32-24)29(11-10-28-12-14-31-15-13-28)25(30)22-9-5-7-20-6-3-4-8-21(20)22/h3-9,16-17H,10-15H2,1-2H3. The number of rotatable bonds is 5. The number of morpholine rings is 1. The maximum atomic E-state index is 13.9. The fourth-order valence-electron chi connectivity index (χ4n) is 4.39. The van der Waals surface area contributed by atoms with Crippen molar-refractivity contribution >= 4 is 43.4 Å². The third-order valence-electron chi connectivity index (χ3n) is 6.05. The van der Waals surface area contributed by atoms with Crippen LogP contribution in [0.3, 0.4) is 0 Å². The first kappa shape index (κ1) is 21.1. The summed E-state index contributed by atoms with van der Waals surface area (Å²) >= 11 is 1.61. The van der Waals surface area contributed by atoms with E-state index in [0.717, 1.165) is 64.5 Å². The van der Waals surface area contributed by atoms with Crippen LogP contribution in [0.25, 0.3) is 21.0 Å². The molecular weight excluding hydrogens is 418 g/mol. The summed E-state index contributed by atoms with van der Waals surface area (Å²) in [6.07, 6.45) is 0. The number of ether oxygens (including phenoxy) is 1. The number of anilines is 1. The number of carbonyl (C=O) groups excluding carboxylic acids is 1. The average molecular weight is 446 g/mol. The summed E-state index contributed by atoms with van der Waals surface area (Å²) in [6, 6.07) is 18.3.